The van der Waals surface area contributed by atoms with E-state index in [2.05, 4.69) is 0 Å². The number of ketones is 1. The number of halogens is 1. The summed E-state index contributed by atoms with van der Waals surface area (Å²) in [7, 11) is 0. The van der Waals surface area contributed by atoms with Crippen molar-refractivity contribution in [2.45, 2.75) is 83.0 Å². The first-order valence-electron chi connectivity index (χ1n) is 10.8. The molecule has 0 saturated heterocycles. The lowest BCUT2D eigenvalue weighted by molar-refractivity contribution is -0.117. The first-order chi connectivity index (χ1) is 13.9. The predicted molar refractivity (Wildman–Crippen MR) is 113 cm³/mol. The molecule has 1 aromatic rings. The van der Waals surface area contributed by atoms with Crippen molar-refractivity contribution in [2.75, 3.05) is 0 Å². The topological polar surface area (TPSA) is 77.8 Å². The summed E-state index contributed by atoms with van der Waals surface area (Å²) >= 11 is 0. The SMILES string of the molecule is CC(=O)CCCCCC[C@@H]1[C@@H](CCC(O)/C=C/c2ccccc2F)[C@H](O)C[C@@H]1O. The van der Waals surface area contributed by atoms with Crippen LogP contribution in [0.5, 0.6) is 0 Å². The minimum atomic E-state index is -0.716. The summed E-state index contributed by atoms with van der Waals surface area (Å²) in [5.74, 6) is -0.0880. The van der Waals surface area contributed by atoms with Gasteiger partial charge in [-0.25, -0.2) is 4.39 Å². The summed E-state index contributed by atoms with van der Waals surface area (Å²) in [5.41, 5.74) is 0.436. The fourth-order valence-electron chi connectivity index (χ4n) is 4.37. The zero-order valence-corrected chi connectivity index (χ0v) is 17.3. The third-order valence-corrected chi connectivity index (χ3v) is 6.04. The molecule has 162 valence electrons. The smallest absolute Gasteiger partial charge is 0.130 e. The number of Topliss-reactive ketones (excluding diaryl/α,β-unsaturated/α-hetero) is 1. The summed E-state index contributed by atoms with van der Waals surface area (Å²) in [6.45, 7) is 1.61. The lowest BCUT2D eigenvalue weighted by Gasteiger charge is -2.24. The van der Waals surface area contributed by atoms with Gasteiger partial charge in [0.05, 0.1) is 18.3 Å². The van der Waals surface area contributed by atoms with Crippen molar-refractivity contribution >= 4 is 11.9 Å². The van der Waals surface area contributed by atoms with E-state index in [4.69, 9.17) is 0 Å². The molecule has 0 bridgehead atoms. The van der Waals surface area contributed by atoms with E-state index in [1.807, 2.05) is 0 Å². The Morgan fingerprint density at radius 2 is 1.76 bits per heavy atom. The van der Waals surface area contributed by atoms with Gasteiger partial charge < -0.3 is 20.1 Å². The van der Waals surface area contributed by atoms with Gasteiger partial charge in [0.15, 0.2) is 0 Å². The standard InChI is InChI=1S/C24H35FO4/c1-17(26)8-4-2-3-5-10-20-21(24(29)16-23(20)28)15-14-19(27)13-12-18-9-6-7-11-22(18)25/h6-7,9,11-13,19-21,23-24,27-29H,2-5,8,10,14-16H2,1H3/b13-12+/t19?,20-,21-,23+,24-/m1/s1. The lowest BCUT2D eigenvalue weighted by atomic mass is 9.85. The first-order valence-corrected chi connectivity index (χ1v) is 10.8. The van der Waals surface area contributed by atoms with Crippen LogP contribution >= 0.6 is 0 Å². The van der Waals surface area contributed by atoms with Crippen LogP contribution in [0.3, 0.4) is 0 Å². The van der Waals surface area contributed by atoms with Gasteiger partial charge in [0.1, 0.15) is 11.6 Å². The maximum atomic E-state index is 13.6. The quantitative estimate of drug-likeness (QED) is 0.453. The highest BCUT2D eigenvalue weighted by Gasteiger charge is 2.40. The lowest BCUT2D eigenvalue weighted by Crippen LogP contribution is -2.23. The number of rotatable bonds is 12. The van der Waals surface area contributed by atoms with Gasteiger partial charge in [-0.05, 0) is 56.9 Å². The molecule has 2 rings (SSSR count). The Morgan fingerprint density at radius 3 is 2.45 bits per heavy atom. The van der Waals surface area contributed by atoms with Gasteiger partial charge in [-0.2, -0.15) is 0 Å². The zero-order valence-electron chi connectivity index (χ0n) is 17.3. The number of hydrogen-bond acceptors (Lipinski definition) is 4. The number of benzene rings is 1. The highest BCUT2D eigenvalue weighted by Crippen LogP contribution is 2.39. The van der Waals surface area contributed by atoms with Crippen molar-refractivity contribution in [3.8, 4) is 0 Å². The molecule has 1 unspecified atom stereocenters. The van der Waals surface area contributed by atoms with E-state index >= 15 is 0 Å². The number of aliphatic hydroxyl groups excluding tert-OH is 3. The minimum absolute atomic E-state index is 0.0290. The van der Waals surface area contributed by atoms with Gasteiger partial charge in [0, 0.05) is 12.0 Å². The Hall–Kier alpha value is -1.56. The molecule has 1 saturated carbocycles. The van der Waals surface area contributed by atoms with Crippen LogP contribution in [0.4, 0.5) is 4.39 Å². The van der Waals surface area contributed by atoms with Crippen LogP contribution in [0, 0.1) is 17.7 Å². The number of aliphatic hydroxyl groups is 3. The van der Waals surface area contributed by atoms with Gasteiger partial charge in [0.25, 0.3) is 0 Å². The highest BCUT2D eigenvalue weighted by atomic mass is 19.1. The van der Waals surface area contributed by atoms with Crippen LogP contribution in [0.1, 0.15) is 70.3 Å². The van der Waals surface area contributed by atoms with E-state index in [0.717, 1.165) is 32.1 Å². The average molecular weight is 407 g/mol. The van der Waals surface area contributed by atoms with Gasteiger partial charge in [0.2, 0.25) is 0 Å². The Labute approximate surface area is 173 Å². The molecule has 0 radical (unpaired) electrons. The number of unbranched alkanes of at least 4 members (excludes halogenated alkanes) is 3. The molecule has 1 fully saturated rings. The van der Waals surface area contributed by atoms with Crippen LogP contribution in [-0.4, -0.2) is 39.4 Å². The van der Waals surface area contributed by atoms with Crippen LogP contribution < -0.4 is 0 Å². The summed E-state index contributed by atoms with van der Waals surface area (Å²) in [5, 5.41) is 30.9. The molecule has 5 heteroatoms. The van der Waals surface area contributed by atoms with E-state index < -0.39 is 18.3 Å². The predicted octanol–water partition coefficient (Wildman–Crippen LogP) is 4.27. The Bertz CT molecular complexity index is 660. The summed E-state index contributed by atoms with van der Waals surface area (Å²) < 4.78 is 13.6. The molecule has 0 amide bonds. The van der Waals surface area contributed by atoms with E-state index in [-0.39, 0.29) is 23.4 Å². The van der Waals surface area contributed by atoms with E-state index in [9.17, 15) is 24.5 Å². The third-order valence-electron chi connectivity index (χ3n) is 6.04. The summed E-state index contributed by atoms with van der Waals surface area (Å²) in [6, 6.07) is 6.41. The Kier molecular flexibility index (Phi) is 9.98. The largest absolute Gasteiger partial charge is 0.393 e. The molecule has 0 aliphatic heterocycles. The Balaban J connectivity index is 1.77. The maximum absolute atomic E-state index is 13.6. The monoisotopic (exact) mass is 406 g/mol. The second-order valence-corrected chi connectivity index (χ2v) is 8.38. The fourth-order valence-corrected chi connectivity index (χ4v) is 4.37. The molecule has 3 N–H and O–H groups in total. The van der Waals surface area contributed by atoms with Crippen molar-refractivity contribution in [3.05, 3.63) is 41.7 Å². The number of hydrogen-bond donors (Lipinski definition) is 3. The molecular weight excluding hydrogens is 371 g/mol. The van der Waals surface area contributed by atoms with Gasteiger partial charge >= 0.3 is 0 Å². The number of carbonyl (C=O) groups excluding carboxylic acids is 1. The normalized spacial score (nSPS) is 25.6. The van der Waals surface area contributed by atoms with Crippen LogP contribution in [0.15, 0.2) is 30.3 Å². The molecule has 29 heavy (non-hydrogen) atoms. The zero-order chi connectivity index (χ0) is 21.2. The molecule has 0 heterocycles. The van der Waals surface area contributed by atoms with E-state index in [1.165, 1.54) is 6.07 Å². The average Bonchev–Trinajstić information content (AvgIpc) is 2.94. The van der Waals surface area contributed by atoms with Crippen molar-refractivity contribution in [1.29, 1.82) is 0 Å². The van der Waals surface area contributed by atoms with Gasteiger partial charge in [-0.15, -0.1) is 0 Å². The van der Waals surface area contributed by atoms with Crippen LogP contribution in [-0.2, 0) is 4.79 Å². The van der Waals surface area contributed by atoms with Gasteiger partial charge in [-0.1, -0.05) is 49.6 Å². The first kappa shape index (κ1) is 23.7. The number of carbonyl (C=O) groups is 1. The minimum Gasteiger partial charge on any atom is -0.393 e. The summed E-state index contributed by atoms with van der Waals surface area (Å²) in [4.78, 5) is 11.0. The second kappa shape index (κ2) is 12.2. The second-order valence-electron chi connectivity index (χ2n) is 8.38. The molecular formula is C24H35FO4. The highest BCUT2D eigenvalue weighted by molar-refractivity contribution is 5.75. The molecule has 1 aliphatic carbocycles. The molecule has 5 atom stereocenters. The fraction of sp³-hybridized carbons (Fsp3) is 0.625. The molecule has 4 nitrogen and oxygen atoms in total. The van der Waals surface area contributed by atoms with Crippen molar-refractivity contribution in [1.82, 2.24) is 0 Å². The van der Waals surface area contributed by atoms with Crippen molar-refractivity contribution < 1.29 is 24.5 Å². The molecule has 0 spiro atoms. The van der Waals surface area contributed by atoms with E-state index in [0.29, 0.717) is 31.2 Å². The molecule has 0 aromatic heterocycles. The van der Waals surface area contributed by atoms with E-state index in [1.54, 1.807) is 37.3 Å². The van der Waals surface area contributed by atoms with Crippen molar-refractivity contribution in [3.63, 3.8) is 0 Å². The Morgan fingerprint density at radius 1 is 1.10 bits per heavy atom. The maximum Gasteiger partial charge on any atom is 0.130 e. The van der Waals surface area contributed by atoms with Crippen LogP contribution in [0.2, 0.25) is 0 Å². The van der Waals surface area contributed by atoms with Gasteiger partial charge in [-0.3, -0.25) is 0 Å². The van der Waals surface area contributed by atoms with Crippen molar-refractivity contribution in [2.24, 2.45) is 11.8 Å². The van der Waals surface area contributed by atoms with Crippen LogP contribution in [0.25, 0.3) is 6.08 Å². The molecule has 1 aliphatic rings. The third kappa shape index (κ3) is 8.00. The molecule has 1 aromatic carbocycles. The summed E-state index contributed by atoms with van der Waals surface area (Å²) in [6.07, 6.45) is 8.27.